The summed E-state index contributed by atoms with van der Waals surface area (Å²) in [5, 5.41) is 12.4. The van der Waals surface area contributed by atoms with Gasteiger partial charge in [0.2, 0.25) is 0 Å². The average molecular weight is 376 g/mol. The highest BCUT2D eigenvalue weighted by molar-refractivity contribution is 5.79. The van der Waals surface area contributed by atoms with Gasteiger partial charge in [0.15, 0.2) is 5.96 Å². The minimum Gasteiger partial charge on any atom is -0.356 e. The molecule has 1 fully saturated rings. The van der Waals surface area contributed by atoms with E-state index in [0.717, 1.165) is 76.2 Å². The van der Waals surface area contributed by atoms with E-state index in [1.807, 2.05) is 7.05 Å². The predicted octanol–water partition coefficient (Wildman–Crippen LogP) is 1.79. The molecule has 0 atom stereocenters. The third kappa shape index (κ3) is 5.67. The van der Waals surface area contributed by atoms with E-state index in [1.165, 1.54) is 31.6 Å². The Balaban J connectivity index is 1.40. The first-order chi connectivity index (χ1) is 13.2. The summed E-state index contributed by atoms with van der Waals surface area (Å²) in [4.78, 5) is 9.44. The van der Waals surface area contributed by atoms with Crippen molar-refractivity contribution in [2.75, 3.05) is 46.3 Å². The fourth-order valence-electron chi connectivity index (χ4n) is 4.17. The van der Waals surface area contributed by atoms with Gasteiger partial charge in [-0.05, 0) is 25.2 Å². The second kappa shape index (κ2) is 10.1. The zero-order valence-corrected chi connectivity index (χ0v) is 17.5. The van der Waals surface area contributed by atoms with E-state index >= 15 is 0 Å². The summed E-state index contributed by atoms with van der Waals surface area (Å²) < 4.78 is 2.36. The highest BCUT2D eigenvalue weighted by Crippen LogP contribution is 2.15. The molecule has 27 heavy (non-hydrogen) atoms. The second-order valence-corrected chi connectivity index (χ2v) is 8.25. The lowest BCUT2D eigenvalue weighted by Crippen LogP contribution is -2.53. The van der Waals surface area contributed by atoms with Crippen LogP contribution in [0.25, 0.3) is 0 Å². The maximum Gasteiger partial charge on any atom is 0.193 e. The molecule has 0 saturated carbocycles. The van der Waals surface area contributed by atoms with Crippen LogP contribution in [0.1, 0.15) is 51.2 Å². The van der Waals surface area contributed by atoms with E-state index in [9.17, 15) is 0 Å². The lowest BCUT2D eigenvalue weighted by molar-refractivity contribution is 0.164. The van der Waals surface area contributed by atoms with Gasteiger partial charge in [0.25, 0.3) is 0 Å². The molecule has 0 amide bonds. The van der Waals surface area contributed by atoms with Gasteiger partial charge < -0.3 is 14.8 Å². The molecule has 3 heterocycles. The standard InChI is InChI=1S/C20H37N7/c1-17(2)16-25-12-14-26(15-13-25)20(21-3)22-10-7-9-19-24-23-18-8-5-4-6-11-27(18)19/h17H,4-16H2,1-3H3,(H,21,22). The van der Waals surface area contributed by atoms with E-state index in [2.05, 4.69) is 48.7 Å². The van der Waals surface area contributed by atoms with Crippen LogP contribution in [-0.2, 0) is 19.4 Å². The zero-order chi connectivity index (χ0) is 19.1. The summed E-state index contributed by atoms with van der Waals surface area (Å²) in [5.41, 5.74) is 0. The van der Waals surface area contributed by atoms with Crippen molar-refractivity contribution in [1.29, 1.82) is 0 Å². The highest BCUT2D eigenvalue weighted by atomic mass is 15.3. The van der Waals surface area contributed by atoms with Crippen molar-refractivity contribution in [2.45, 2.75) is 58.9 Å². The Hall–Kier alpha value is -1.63. The fourth-order valence-corrected chi connectivity index (χ4v) is 4.17. The van der Waals surface area contributed by atoms with Gasteiger partial charge in [-0.2, -0.15) is 0 Å². The number of nitrogens with zero attached hydrogens (tertiary/aromatic N) is 6. The van der Waals surface area contributed by atoms with Crippen LogP contribution in [0, 0.1) is 5.92 Å². The monoisotopic (exact) mass is 375 g/mol. The first-order valence-electron chi connectivity index (χ1n) is 10.8. The van der Waals surface area contributed by atoms with Gasteiger partial charge in [-0.25, -0.2) is 0 Å². The topological polar surface area (TPSA) is 61.6 Å². The number of piperazine rings is 1. The molecule has 2 aliphatic heterocycles. The molecular weight excluding hydrogens is 338 g/mol. The van der Waals surface area contributed by atoms with Crippen LogP contribution < -0.4 is 5.32 Å². The molecule has 0 aromatic carbocycles. The Bertz CT molecular complexity index is 599. The summed E-state index contributed by atoms with van der Waals surface area (Å²) in [6.45, 7) is 12.2. The van der Waals surface area contributed by atoms with Crippen LogP contribution in [0.4, 0.5) is 0 Å². The summed E-state index contributed by atoms with van der Waals surface area (Å²) in [5.74, 6) is 4.12. The molecule has 0 radical (unpaired) electrons. The third-order valence-corrected chi connectivity index (χ3v) is 5.55. The molecule has 1 aromatic rings. The van der Waals surface area contributed by atoms with E-state index < -0.39 is 0 Å². The number of aliphatic imine (C=N–C) groups is 1. The summed E-state index contributed by atoms with van der Waals surface area (Å²) in [7, 11) is 1.89. The van der Waals surface area contributed by atoms with Crippen LogP contribution in [-0.4, -0.2) is 76.8 Å². The van der Waals surface area contributed by atoms with Gasteiger partial charge in [0.1, 0.15) is 11.6 Å². The number of guanidine groups is 1. The van der Waals surface area contributed by atoms with Crippen molar-refractivity contribution < 1.29 is 0 Å². The number of fused-ring (bicyclic) bond motifs is 1. The first-order valence-corrected chi connectivity index (χ1v) is 10.8. The number of rotatable bonds is 6. The van der Waals surface area contributed by atoms with Crippen molar-refractivity contribution in [3.8, 4) is 0 Å². The molecule has 1 aromatic heterocycles. The fraction of sp³-hybridized carbons (Fsp3) is 0.850. The molecule has 7 heteroatoms. The lowest BCUT2D eigenvalue weighted by Gasteiger charge is -2.37. The van der Waals surface area contributed by atoms with E-state index in [1.54, 1.807) is 0 Å². The normalized spacial score (nSPS) is 19.3. The molecule has 2 aliphatic rings. The van der Waals surface area contributed by atoms with E-state index in [-0.39, 0.29) is 0 Å². The van der Waals surface area contributed by atoms with Gasteiger partial charge in [-0.15, -0.1) is 10.2 Å². The van der Waals surface area contributed by atoms with Crippen molar-refractivity contribution >= 4 is 5.96 Å². The average Bonchev–Trinajstić information content (AvgIpc) is 2.88. The molecule has 3 rings (SSSR count). The second-order valence-electron chi connectivity index (χ2n) is 8.25. The highest BCUT2D eigenvalue weighted by Gasteiger charge is 2.20. The Morgan fingerprint density at radius 3 is 2.63 bits per heavy atom. The molecule has 1 N–H and O–H groups in total. The van der Waals surface area contributed by atoms with E-state index in [0.29, 0.717) is 0 Å². The number of aryl methyl sites for hydroxylation is 2. The molecule has 0 bridgehead atoms. The molecular formula is C20H37N7. The smallest absolute Gasteiger partial charge is 0.193 e. The van der Waals surface area contributed by atoms with Gasteiger partial charge in [0, 0.05) is 65.7 Å². The SMILES string of the molecule is CN=C(NCCCc1nnc2n1CCCCC2)N1CCN(CC(C)C)CC1. The lowest BCUT2D eigenvalue weighted by atomic mass is 10.2. The van der Waals surface area contributed by atoms with Crippen LogP contribution in [0.15, 0.2) is 4.99 Å². The van der Waals surface area contributed by atoms with Crippen LogP contribution in [0.2, 0.25) is 0 Å². The van der Waals surface area contributed by atoms with Gasteiger partial charge in [-0.3, -0.25) is 9.89 Å². The summed E-state index contributed by atoms with van der Waals surface area (Å²) >= 11 is 0. The molecule has 152 valence electrons. The van der Waals surface area contributed by atoms with E-state index in [4.69, 9.17) is 0 Å². The van der Waals surface area contributed by atoms with Crippen molar-refractivity contribution in [1.82, 2.24) is 29.9 Å². The van der Waals surface area contributed by atoms with Gasteiger partial charge in [-0.1, -0.05) is 20.3 Å². The van der Waals surface area contributed by atoms with Crippen LogP contribution >= 0.6 is 0 Å². The number of nitrogens with one attached hydrogen (secondary N) is 1. The first kappa shape index (κ1) is 20.1. The largest absolute Gasteiger partial charge is 0.356 e. The molecule has 7 nitrogen and oxygen atoms in total. The molecule has 0 aliphatic carbocycles. The summed E-state index contributed by atoms with van der Waals surface area (Å²) in [6, 6.07) is 0. The van der Waals surface area contributed by atoms with Crippen molar-refractivity contribution in [3.63, 3.8) is 0 Å². The van der Waals surface area contributed by atoms with Crippen LogP contribution in [0.3, 0.4) is 0 Å². The Kier molecular flexibility index (Phi) is 7.50. The number of hydrogen-bond acceptors (Lipinski definition) is 4. The number of aromatic nitrogens is 3. The minimum atomic E-state index is 0.737. The van der Waals surface area contributed by atoms with Crippen LogP contribution in [0.5, 0.6) is 0 Å². The Labute approximate surface area is 164 Å². The summed E-state index contributed by atoms with van der Waals surface area (Å²) in [6.07, 6.45) is 6.95. The van der Waals surface area contributed by atoms with Crippen molar-refractivity contribution in [2.24, 2.45) is 10.9 Å². The maximum absolute atomic E-state index is 4.49. The zero-order valence-electron chi connectivity index (χ0n) is 17.5. The van der Waals surface area contributed by atoms with Gasteiger partial charge >= 0.3 is 0 Å². The van der Waals surface area contributed by atoms with Gasteiger partial charge in [0.05, 0.1) is 0 Å². The maximum atomic E-state index is 4.49. The Morgan fingerprint density at radius 2 is 1.89 bits per heavy atom. The predicted molar refractivity (Wildman–Crippen MR) is 110 cm³/mol. The minimum absolute atomic E-state index is 0.737. The quantitative estimate of drug-likeness (QED) is 0.467. The molecule has 0 spiro atoms. The van der Waals surface area contributed by atoms with Crippen molar-refractivity contribution in [3.05, 3.63) is 11.6 Å². The molecule has 1 saturated heterocycles. The molecule has 0 unspecified atom stereocenters. The number of hydrogen-bond donors (Lipinski definition) is 1. The Morgan fingerprint density at radius 1 is 1.07 bits per heavy atom. The third-order valence-electron chi connectivity index (χ3n) is 5.55.